The zero-order valence-corrected chi connectivity index (χ0v) is 14.0. The average molecular weight is 342 g/mol. The molecule has 1 heterocycles. The van der Waals surface area contributed by atoms with Crippen molar-refractivity contribution in [2.75, 3.05) is 25.5 Å². The first-order valence-corrected chi connectivity index (χ1v) is 10.8. The van der Waals surface area contributed by atoms with Crippen LogP contribution in [0.4, 0.5) is 0 Å². The molecule has 0 aliphatic carbocycles. The number of hydrogen-bond donors (Lipinski definition) is 2. The van der Waals surface area contributed by atoms with Crippen LogP contribution in [-0.4, -0.2) is 56.3 Å². The van der Waals surface area contributed by atoms with E-state index in [1.807, 2.05) is 11.6 Å². The van der Waals surface area contributed by atoms with Gasteiger partial charge < -0.3 is 9.84 Å². The molecule has 0 spiro atoms. The number of rotatable bonds is 9. The third-order valence-corrected chi connectivity index (χ3v) is 7.35. The Balaban J connectivity index is 2.31. The first-order chi connectivity index (χ1) is 9.35. The summed E-state index contributed by atoms with van der Waals surface area (Å²) in [6, 6.07) is 0. The number of aliphatic hydroxyl groups is 1. The summed E-state index contributed by atoms with van der Waals surface area (Å²) in [4.78, 5) is 11.1. The first kappa shape index (κ1) is 17.9. The van der Waals surface area contributed by atoms with Crippen molar-refractivity contribution in [1.82, 2.24) is 4.72 Å². The summed E-state index contributed by atoms with van der Waals surface area (Å²) in [5, 5.41) is 9.09. The van der Waals surface area contributed by atoms with E-state index in [-0.39, 0.29) is 12.8 Å². The van der Waals surface area contributed by atoms with Gasteiger partial charge in [0, 0.05) is 19.4 Å². The second-order valence-electron chi connectivity index (χ2n) is 4.72. The molecule has 116 valence electrons. The molecular formula is C11H21NO5PS2+. The van der Waals surface area contributed by atoms with Crippen LogP contribution in [0.15, 0.2) is 0 Å². The smallest absolute Gasteiger partial charge is 0.238 e. The molecular weight excluding hydrogens is 321 g/mol. The number of aliphatic hydroxyl groups excluding tert-OH is 1. The molecule has 1 aliphatic heterocycles. The van der Waals surface area contributed by atoms with Crippen molar-refractivity contribution in [1.29, 1.82) is 0 Å². The van der Waals surface area contributed by atoms with Gasteiger partial charge in [-0.25, -0.2) is 8.42 Å². The van der Waals surface area contributed by atoms with E-state index in [4.69, 9.17) is 16.5 Å². The first-order valence-electron chi connectivity index (χ1n) is 6.57. The van der Waals surface area contributed by atoms with Crippen molar-refractivity contribution >= 4 is 34.4 Å². The molecule has 0 saturated carbocycles. The largest absolute Gasteiger partial charge is 0.389 e. The third-order valence-electron chi connectivity index (χ3n) is 2.96. The Bertz CT molecular complexity index is 454. The molecule has 1 amide bonds. The highest BCUT2D eigenvalue weighted by molar-refractivity contribution is 8.05. The summed E-state index contributed by atoms with van der Waals surface area (Å²) in [6.45, 7) is 2.53. The maximum atomic E-state index is 11.6. The molecule has 1 rings (SSSR count). The highest BCUT2D eigenvalue weighted by Crippen LogP contribution is 2.26. The van der Waals surface area contributed by atoms with Crippen LogP contribution in [-0.2, 0) is 31.4 Å². The van der Waals surface area contributed by atoms with Crippen LogP contribution < -0.4 is 4.72 Å². The van der Waals surface area contributed by atoms with Gasteiger partial charge in [-0.1, -0.05) is 0 Å². The summed E-state index contributed by atoms with van der Waals surface area (Å²) >= 11 is 5.30. The van der Waals surface area contributed by atoms with Crippen molar-refractivity contribution in [2.24, 2.45) is 0 Å². The Morgan fingerprint density at radius 2 is 2.30 bits per heavy atom. The lowest BCUT2D eigenvalue weighted by molar-refractivity contribution is -0.118. The van der Waals surface area contributed by atoms with Crippen molar-refractivity contribution in [2.45, 2.75) is 37.5 Å². The predicted octanol–water partition coefficient (Wildman–Crippen LogP) is 0.326. The zero-order valence-electron chi connectivity index (χ0n) is 11.4. The molecule has 0 aromatic carbocycles. The maximum absolute atomic E-state index is 11.6. The van der Waals surface area contributed by atoms with E-state index in [1.165, 1.54) is 0 Å². The Morgan fingerprint density at radius 3 is 2.85 bits per heavy atom. The van der Waals surface area contributed by atoms with Crippen molar-refractivity contribution in [3.05, 3.63) is 0 Å². The van der Waals surface area contributed by atoms with Crippen LogP contribution in [0.1, 0.15) is 26.2 Å². The second kappa shape index (κ2) is 8.34. The summed E-state index contributed by atoms with van der Waals surface area (Å²) in [5.74, 6) is -0.500. The van der Waals surface area contributed by atoms with Gasteiger partial charge >= 0.3 is 0 Å². The molecule has 1 saturated heterocycles. The van der Waals surface area contributed by atoms with E-state index in [2.05, 4.69) is 0 Å². The molecule has 3 unspecified atom stereocenters. The quantitative estimate of drug-likeness (QED) is 0.463. The van der Waals surface area contributed by atoms with E-state index in [9.17, 15) is 18.3 Å². The average Bonchev–Trinajstić information content (AvgIpc) is 2.57. The number of sulfonamides is 1. The SMILES string of the molecule is CCOCCC[P+](=S)CC(O)CC1CC(=O)NS1(=O)=O. The van der Waals surface area contributed by atoms with Gasteiger partial charge in [-0.05, 0) is 13.3 Å². The molecule has 20 heavy (non-hydrogen) atoms. The van der Waals surface area contributed by atoms with E-state index in [0.717, 1.165) is 12.6 Å². The molecule has 1 aliphatic rings. The lowest BCUT2D eigenvalue weighted by Gasteiger charge is -2.10. The van der Waals surface area contributed by atoms with Crippen LogP contribution in [0.3, 0.4) is 0 Å². The number of hydrogen-bond acceptors (Lipinski definition) is 6. The normalized spacial score (nSPS) is 23.4. The lowest BCUT2D eigenvalue weighted by Crippen LogP contribution is -2.28. The van der Waals surface area contributed by atoms with Crippen LogP contribution in [0.5, 0.6) is 0 Å². The topological polar surface area (TPSA) is 92.7 Å². The summed E-state index contributed by atoms with van der Waals surface area (Å²) in [7, 11) is -3.60. The highest BCUT2D eigenvalue weighted by Gasteiger charge is 2.38. The molecule has 0 bridgehead atoms. The predicted molar refractivity (Wildman–Crippen MR) is 81.2 cm³/mol. The Morgan fingerprint density at radius 1 is 1.60 bits per heavy atom. The molecule has 0 aromatic rings. The molecule has 6 nitrogen and oxygen atoms in total. The van der Waals surface area contributed by atoms with E-state index < -0.39 is 34.0 Å². The van der Waals surface area contributed by atoms with Gasteiger partial charge in [0.1, 0.15) is 12.3 Å². The van der Waals surface area contributed by atoms with E-state index >= 15 is 0 Å². The fourth-order valence-corrected chi connectivity index (χ4v) is 5.60. The van der Waals surface area contributed by atoms with Gasteiger partial charge in [0.25, 0.3) is 0 Å². The van der Waals surface area contributed by atoms with Crippen LogP contribution in [0, 0.1) is 0 Å². The summed E-state index contributed by atoms with van der Waals surface area (Å²) in [6.07, 6.45) is 1.34. The fourth-order valence-electron chi connectivity index (χ4n) is 2.00. The highest BCUT2D eigenvalue weighted by atomic mass is 32.4. The van der Waals surface area contributed by atoms with Crippen molar-refractivity contribution < 1.29 is 23.1 Å². The van der Waals surface area contributed by atoms with Crippen molar-refractivity contribution in [3.8, 4) is 0 Å². The van der Waals surface area contributed by atoms with Crippen LogP contribution >= 0.6 is 6.70 Å². The Labute approximate surface area is 125 Å². The lowest BCUT2D eigenvalue weighted by atomic mass is 10.1. The number of carbonyl (C=O) groups is 1. The molecule has 0 radical (unpaired) electrons. The molecule has 2 N–H and O–H groups in total. The third kappa shape index (κ3) is 6.10. The fraction of sp³-hybridized carbons (Fsp3) is 0.909. The summed E-state index contributed by atoms with van der Waals surface area (Å²) in [5.41, 5.74) is 0. The van der Waals surface area contributed by atoms with E-state index in [0.29, 0.717) is 19.4 Å². The van der Waals surface area contributed by atoms with Crippen LogP contribution in [0.2, 0.25) is 0 Å². The zero-order chi connectivity index (χ0) is 15.2. The van der Waals surface area contributed by atoms with E-state index in [1.54, 1.807) is 0 Å². The molecule has 9 heteroatoms. The minimum absolute atomic E-state index is 0.0703. The van der Waals surface area contributed by atoms with Gasteiger partial charge in [-0.2, -0.15) is 0 Å². The monoisotopic (exact) mass is 342 g/mol. The molecule has 3 atom stereocenters. The van der Waals surface area contributed by atoms with Gasteiger partial charge in [0.05, 0.1) is 18.0 Å². The Hall–Kier alpha value is -0.140. The minimum Gasteiger partial charge on any atom is -0.389 e. The molecule has 0 aromatic heterocycles. The summed E-state index contributed by atoms with van der Waals surface area (Å²) < 4.78 is 30.3. The second-order valence-corrected chi connectivity index (χ2v) is 10.0. The van der Waals surface area contributed by atoms with Gasteiger partial charge in [-0.15, -0.1) is 0 Å². The molecule has 1 fully saturated rings. The van der Waals surface area contributed by atoms with Gasteiger partial charge in [0.2, 0.25) is 15.9 Å². The van der Waals surface area contributed by atoms with Crippen LogP contribution in [0.25, 0.3) is 0 Å². The number of amides is 1. The number of carbonyl (C=O) groups excluding carboxylic acids is 1. The van der Waals surface area contributed by atoms with Crippen molar-refractivity contribution in [3.63, 3.8) is 0 Å². The standard InChI is InChI=1S/C11H20NO5PS2/c1-2-17-4-3-5-18(19)8-9(13)6-10-7-11(14)12-20(10,15)16/h9-10,13H,2-8H2,1H3/p+1. The number of nitrogens with one attached hydrogen (secondary N) is 1. The van der Waals surface area contributed by atoms with Gasteiger partial charge in [0.15, 0.2) is 18.5 Å². The maximum Gasteiger partial charge on any atom is 0.238 e. The van der Waals surface area contributed by atoms with Gasteiger partial charge in [-0.3, -0.25) is 9.52 Å². The Kier molecular flexibility index (Phi) is 7.47. The number of ether oxygens (including phenoxy) is 1. The minimum atomic E-state index is -3.60.